The van der Waals surface area contributed by atoms with Crippen LogP contribution in [-0.4, -0.2) is 4.57 Å². The van der Waals surface area contributed by atoms with Crippen molar-refractivity contribution >= 4 is 38.9 Å². The molecular weight excluding hydrogens is 677 g/mol. The van der Waals surface area contributed by atoms with E-state index in [-0.39, 0.29) is 0 Å². The summed E-state index contributed by atoms with van der Waals surface area (Å²) in [4.78, 5) is 2.49. The van der Waals surface area contributed by atoms with Crippen LogP contribution in [0.25, 0.3) is 72.0 Å². The standard InChI is InChI=1S/C54H38N2/c1-5-19-39(20-6-1)40-35-37-44(38-36-40)56(52-34-18-33-51-54(52)48-29-15-16-31-49(48)55(51)43-25-11-4-12-26-43)50-32-17-30-46(42-23-9-3-10-24-42)53(50)47-28-14-13-27-45(47)41-21-7-2-8-22-41/h1-38H. The number of hydrogen-bond donors (Lipinski definition) is 0. The van der Waals surface area contributed by atoms with Crippen LogP contribution in [-0.2, 0) is 0 Å². The maximum Gasteiger partial charge on any atom is 0.0562 e. The summed E-state index contributed by atoms with van der Waals surface area (Å²) in [5, 5.41) is 2.41. The molecule has 0 atom stereocenters. The number of anilines is 3. The molecule has 1 heterocycles. The Labute approximate surface area is 327 Å². The number of hydrogen-bond acceptors (Lipinski definition) is 1. The third kappa shape index (κ3) is 5.85. The molecule has 0 spiro atoms. The second-order valence-corrected chi connectivity index (χ2v) is 14.1. The van der Waals surface area contributed by atoms with Crippen molar-refractivity contribution < 1.29 is 0 Å². The van der Waals surface area contributed by atoms with Gasteiger partial charge in [-0.25, -0.2) is 0 Å². The van der Waals surface area contributed by atoms with Crippen LogP contribution < -0.4 is 4.90 Å². The molecule has 1 aromatic heterocycles. The Morgan fingerprint density at radius 2 is 0.786 bits per heavy atom. The van der Waals surface area contributed by atoms with Crippen LogP contribution in [0.4, 0.5) is 17.1 Å². The summed E-state index contributed by atoms with van der Waals surface area (Å²) in [6.45, 7) is 0. The Bertz CT molecular complexity index is 2930. The molecule has 2 nitrogen and oxygen atoms in total. The minimum Gasteiger partial charge on any atom is -0.309 e. The van der Waals surface area contributed by atoms with Gasteiger partial charge >= 0.3 is 0 Å². The summed E-state index contributed by atoms with van der Waals surface area (Å²) in [5.74, 6) is 0. The molecule has 0 saturated carbocycles. The van der Waals surface area contributed by atoms with Crippen molar-refractivity contribution in [3.05, 3.63) is 231 Å². The van der Waals surface area contributed by atoms with E-state index in [1.807, 2.05) is 0 Å². The van der Waals surface area contributed by atoms with Crippen molar-refractivity contribution in [1.82, 2.24) is 4.57 Å². The lowest BCUT2D eigenvalue weighted by atomic mass is 9.87. The minimum absolute atomic E-state index is 1.08. The van der Waals surface area contributed by atoms with E-state index >= 15 is 0 Å². The third-order valence-electron chi connectivity index (χ3n) is 10.8. The Morgan fingerprint density at radius 1 is 0.304 bits per heavy atom. The molecule has 264 valence electrons. The minimum atomic E-state index is 1.08. The Morgan fingerprint density at radius 3 is 1.48 bits per heavy atom. The van der Waals surface area contributed by atoms with E-state index in [2.05, 4.69) is 240 Å². The first-order valence-corrected chi connectivity index (χ1v) is 19.2. The quantitative estimate of drug-likeness (QED) is 0.152. The molecule has 0 unspecified atom stereocenters. The Balaban J connectivity index is 1.31. The molecule has 2 heteroatoms. The molecular formula is C54H38N2. The third-order valence-corrected chi connectivity index (χ3v) is 10.8. The van der Waals surface area contributed by atoms with Gasteiger partial charge in [-0.2, -0.15) is 0 Å². The van der Waals surface area contributed by atoms with Gasteiger partial charge < -0.3 is 9.47 Å². The molecule has 0 radical (unpaired) electrons. The summed E-state index contributed by atoms with van der Waals surface area (Å²) in [7, 11) is 0. The van der Waals surface area contributed by atoms with Crippen LogP contribution in [0.2, 0.25) is 0 Å². The molecule has 9 aromatic carbocycles. The predicted octanol–water partition coefficient (Wildman–Crippen LogP) is 14.9. The normalized spacial score (nSPS) is 11.2. The molecule has 0 aliphatic carbocycles. The van der Waals surface area contributed by atoms with E-state index < -0.39 is 0 Å². The number of aromatic nitrogens is 1. The lowest BCUT2D eigenvalue weighted by Crippen LogP contribution is -2.12. The van der Waals surface area contributed by atoms with Crippen LogP contribution in [0.15, 0.2) is 231 Å². The zero-order valence-electron chi connectivity index (χ0n) is 30.8. The lowest BCUT2D eigenvalue weighted by Gasteiger charge is -2.30. The average Bonchev–Trinajstić information content (AvgIpc) is 3.63. The molecule has 0 aliphatic rings. The van der Waals surface area contributed by atoms with E-state index in [0.29, 0.717) is 0 Å². The summed E-state index contributed by atoms with van der Waals surface area (Å²) in [6, 6.07) is 83.1. The Kier molecular flexibility index (Phi) is 8.55. The van der Waals surface area contributed by atoms with Crippen molar-refractivity contribution in [2.24, 2.45) is 0 Å². The van der Waals surface area contributed by atoms with E-state index in [1.54, 1.807) is 0 Å². The van der Waals surface area contributed by atoms with Gasteiger partial charge in [-0.1, -0.05) is 182 Å². The molecule has 0 bridgehead atoms. The SMILES string of the molecule is c1ccc(-c2ccc(N(c3cccc(-c4ccccc4)c3-c3ccccc3-c3ccccc3)c3cccc4c3c3ccccc3n4-c3ccccc3)cc2)cc1. The van der Waals surface area contributed by atoms with Crippen molar-refractivity contribution in [2.45, 2.75) is 0 Å². The van der Waals surface area contributed by atoms with Gasteiger partial charge in [-0.3, -0.25) is 0 Å². The fourth-order valence-corrected chi connectivity index (χ4v) is 8.32. The maximum atomic E-state index is 2.49. The second-order valence-electron chi connectivity index (χ2n) is 14.1. The van der Waals surface area contributed by atoms with Crippen molar-refractivity contribution in [3.63, 3.8) is 0 Å². The number of nitrogens with zero attached hydrogens (tertiary/aromatic N) is 2. The zero-order valence-corrected chi connectivity index (χ0v) is 30.8. The highest BCUT2D eigenvalue weighted by molar-refractivity contribution is 6.17. The first-order chi connectivity index (χ1) is 27.8. The zero-order chi connectivity index (χ0) is 37.3. The maximum absolute atomic E-state index is 2.49. The summed E-state index contributed by atoms with van der Waals surface area (Å²) < 4.78 is 2.40. The van der Waals surface area contributed by atoms with Gasteiger partial charge in [-0.05, 0) is 87.5 Å². The number of para-hydroxylation sites is 2. The average molecular weight is 715 g/mol. The first kappa shape index (κ1) is 33.2. The van der Waals surface area contributed by atoms with Gasteiger partial charge in [-0.15, -0.1) is 0 Å². The second kappa shape index (κ2) is 14.4. The molecule has 0 aliphatic heterocycles. The lowest BCUT2D eigenvalue weighted by molar-refractivity contribution is 1.18. The smallest absolute Gasteiger partial charge is 0.0562 e. The van der Waals surface area contributed by atoms with Gasteiger partial charge in [0.05, 0.1) is 22.4 Å². The van der Waals surface area contributed by atoms with Crippen LogP contribution in [0.5, 0.6) is 0 Å². The fraction of sp³-hybridized carbons (Fsp3) is 0. The summed E-state index contributed by atoms with van der Waals surface area (Å²) in [5.41, 5.74) is 16.2. The van der Waals surface area contributed by atoms with Gasteiger partial charge in [0, 0.05) is 27.7 Å². The van der Waals surface area contributed by atoms with Gasteiger partial charge in [0.2, 0.25) is 0 Å². The summed E-state index contributed by atoms with van der Waals surface area (Å²) in [6.07, 6.45) is 0. The number of benzene rings is 9. The highest BCUT2D eigenvalue weighted by Crippen LogP contribution is 2.50. The molecule has 10 rings (SSSR count). The van der Waals surface area contributed by atoms with E-state index in [4.69, 9.17) is 0 Å². The van der Waals surface area contributed by atoms with Crippen LogP contribution >= 0.6 is 0 Å². The Hall–Kier alpha value is -7.42. The topological polar surface area (TPSA) is 8.17 Å². The van der Waals surface area contributed by atoms with Crippen molar-refractivity contribution in [3.8, 4) is 50.2 Å². The van der Waals surface area contributed by atoms with Gasteiger partial charge in [0.1, 0.15) is 0 Å². The fourth-order valence-electron chi connectivity index (χ4n) is 8.32. The van der Waals surface area contributed by atoms with E-state index in [0.717, 1.165) is 28.3 Å². The largest absolute Gasteiger partial charge is 0.309 e. The van der Waals surface area contributed by atoms with Crippen molar-refractivity contribution in [1.29, 1.82) is 0 Å². The summed E-state index contributed by atoms with van der Waals surface area (Å²) >= 11 is 0. The molecule has 0 N–H and O–H groups in total. The molecule has 0 amide bonds. The highest BCUT2D eigenvalue weighted by atomic mass is 15.2. The molecule has 56 heavy (non-hydrogen) atoms. The van der Waals surface area contributed by atoms with E-state index in [9.17, 15) is 0 Å². The monoisotopic (exact) mass is 714 g/mol. The van der Waals surface area contributed by atoms with Crippen LogP contribution in [0, 0.1) is 0 Å². The highest BCUT2D eigenvalue weighted by Gasteiger charge is 2.26. The number of fused-ring (bicyclic) bond motifs is 3. The van der Waals surface area contributed by atoms with Gasteiger partial charge in [0.15, 0.2) is 0 Å². The van der Waals surface area contributed by atoms with Crippen LogP contribution in [0.1, 0.15) is 0 Å². The van der Waals surface area contributed by atoms with E-state index in [1.165, 1.54) is 60.8 Å². The molecule has 0 fully saturated rings. The van der Waals surface area contributed by atoms with Gasteiger partial charge in [0.25, 0.3) is 0 Å². The first-order valence-electron chi connectivity index (χ1n) is 19.2. The van der Waals surface area contributed by atoms with Crippen LogP contribution in [0.3, 0.4) is 0 Å². The molecule has 10 aromatic rings. The predicted molar refractivity (Wildman–Crippen MR) is 237 cm³/mol. The molecule has 0 saturated heterocycles. The number of rotatable bonds is 8. The van der Waals surface area contributed by atoms with Crippen molar-refractivity contribution in [2.75, 3.05) is 4.90 Å².